The maximum absolute atomic E-state index is 9.16. The van der Waals surface area contributed by atoms with Gasteiger partial charge in [0.2, 0.25) is 0 Å². The lowest BCUT2D eigenvalue weighted by Crippen LogP contribution is -2.30. The molecule has 5 heteroatoms. The highest BCUT2D eigenvalue weighted by Gasteiger charge is 2.12. The second-order valence-corrected chi connectivity index (χ2v) is 4.54. The van der Waals surface area contributed by atoms with E-state index in [0.29, 0.717) is 18.7 Å². The monoisotopic (exact) mass is 261 g/mol. The summed E-state index contributed by atoms with van der Waals surface area (Å²) >= 11 is 0. The van der Waals surface area contributed by atoms with Gasteiger partial charge in [0, 0.05) is 35.6 Å². The highest BCUT2D eigenvalue weighted by atomic mass is 16.3. The Bertz CT molecular complexity index is 561. The van der Waals surface area contributed by atoms with Gasteiger partial charge in [-0.25, -0.2) is 9.97 Å². The van der Waals surface area contributed by atoms with Gasteiger partial charge in [0.15, 0.2) is 5.65 Å². The highest BCUT2D eigenvalue weighted by molar-refractivity contribution is 5.89. The Morgan fingerprint density at radius 3 is 2.26 bits per heavy atom. The average molecular weight is 261 g/mol. The van der Waals surface area contributed by atoms with E-state index in [2.05, 4.69) is 9.97 Å². The fraction of sp³-hybridized carbons (Fsp3) is 0.429. The third-order valence-electron chi connectivity index (χ3n) is 3.00. The van der Waals surface area contributed by atoms with Crippen molar-refractivity contribution in [2.75, 3.05) is 31.2 Å². The molecular weight excluding hydrogens is 242 g/mol. The van der Waals surface area contributed by atoms with E-state index in [-0.39, 0.29) is 13.2 Å². The molecule has 2 N–H and O–H groups in total. The van der Waals surface area contributed by atoms with Crippen LogP contribution in [0.4, 0.5) is 5.69 Å². The third kappa shape index (κ3) is 3.00. The lowest BCUT2D eigenvalue weighted by molar-refractivity contribution is 0.281. The third-order valence-corrected chi connectivity index (χ3v) is 3.00. The summed E-state index contributed by atoms with van der Waals surface area (Å²) in [5.41, 5.74) is 3.46. The summed E-state index contributed by atoms with van der Waals surface area (Å²) in [6, 6.07) is 5.89. The Labute approximate surface area is 112 Å². The van der Waals surface area contributed by atoms with Crippen LogP contribution in [0.2, 0.25) is 0 Å². The second-order valence-electron chi connectivity index (χ2n) is 4.54. The first-order valence-corrected chi connectivity index (χ1v) is 6.37. The molecule has 0 radical (unpaired) electrons. The fourth-order valence-electron chi connectivity index (χ4n) is 2.16. The maximum atomic E-state index is 9.16. The van der Waals surface area contributed by atoms with Crippen LogP contribution in [0.5, 0.6) is 0 Å². The molecule has 102 valence electrons. The van der Waals surface area contributed by atoms with Crippen LogP contribution in [0.1, 0.15) is 11.4 Å². The van der Waals surface area contributed by atoms with Crippen LogP contribution >= 0.6 is 0 Å². The fourth-order valence-corrected chi connectivity index (χ4v) is 2.16. The van der Waals surface area contributed by atoms with E-state index in [9.17, 15) is 0 Å². The molecule has 0 aliphatic heterocycles. The summed E-state index contributed by atoms with van der Waals surface area (Å²) in [6.45, 7) is 4.90. The number of aliphatic hydroxyl groups is 2. The van der Waals surface area contributed by atoms with Crippen LogP contribution in [0, 0.1) is 13.8 Å². The van der Waals surface area contributed by atoms with Crippen molar-refractivity contribution in [3.05, 3.63) is 29.6 Å². The Morgan fingerprint density at radius 1 is 1.00 bits per heavy atom. The summed E-state index contributed by atoms with van der Waals surface area (Å²) < 4.78 is 0. The molecule has 0 aromatic carbocycles. The smallest absolute Gasteiger partial charge is 0.161 e. The molecule has 0 unspecified atom stereocenters. The minimum atomic E-state index is 0.0438. The van der Waals surface area contributed by atoms with Gasteiger partial charge in [-0.3, -0.25) is 0 Å². The molecule has 0 aliphatic carbocycles. The topological polar surface area (TPSA) is 69.5 Å². The van der Waals surface area contributed by atoms with Crippen molar-refractivity contribution in [1.29, 1.82) is 0 Å². The number of rotatable bonds is 5. The minimum absolute atomic E-state index is 0.0438. The van der Waals surface area contributed by atoms with Crippen molar-refractivity contribution in [3.8, 4) is 0 Å². The number of hydrogen-bond donors (Lipinski definition) is 2. The maximum Gasteiger partial charge on any atom is 0.161 e. The molecule has 0 spiro atoms. The largest absolute Gasteiger partial charge is 0.395 e. The SMILES string of the molecule is Cc1ccc2c(N(CCO)CCO)cc(C)nc2n1. The van der Waals surface area contributed by atoms with Crippen LogP contribution < -0.4 is 4.90 Å². The van der Waals surface area contributed by atoms with Gasteiger partial charge < -0.3 is 15.1 Å². The van der Waals surface area contributed by atoms with Crippen molar-refractivity contribution in [2.45, 2.75) is 13.8 Å². The molecule has 0 aliphatic rings. The van der Waals surface area contributed by atoms with Crippen LogP contribution in [0.3, 0.4) is 0 Å². The zero-order chi connectivity index (χ0) is 13.8. The van der Waals surface area contributed by atoms with Crippen molar-refractivity contribution < 1.29 is 10.2 Å². The van der Waals surface area contributed by atoms with Gasteiger partial charge in [-0.15, -0.1) is 0 Å². The number of aliphatic hydroxyl groups excluding tert-OH is 2. The molecule has 0 saturated heterocycles. The predicted octanol–water partition coefficient (Wildman–Crippen LogP) is 1.04. The van der Waals surface area contributed by atoms with E-state index < -0.39 is 0 Å². The van der Waals surface area contributed by atoms with Gasteiger partial charge >= 0.3 is 0 Å². The van der Waals surface area contributed by atoms with Crippen LogP contribution in [-0.2, 0) is 0 Å². The van der Waals surface area contributed by atoms with Gasteiger partial charge in [-0.2, -0.15) is 0 Å². The van der Waals surface area contributed by atoms with E-state index in [0.717, 1.165) is 22.5 Å². The van der Waals surface area contributed by atoms with E-state index >= 15 is 0 Å². The van der Waals surface area contributed by atoms with Crippen molar-refractivity contribution >= 4 is 16.7 Å². The first-order chi connectivity index (χ1) is 9.15. The molecule has 2 aromatic heterocycles. The molecule has 0 amide bonds. The Kier molecular flexibility index (Phi) is 4.29. The molecular formula is C14H19N3O2. The quantitative estimate of drug-likeness (QED) is 0.841. The lowest BCUT2D eigenvalue weighted by Gasteiger charge is -2.24. The summed E-state index contributed by atoms with van der Waals surface area (Å²) in [5.74, 6) is 0. The molecule has 2 rings (SSSR count). The normalized spacial score (nSPS) is 10.9. The predicted molar refractivity (Wildman–Crippen MR) is 75.4 cm³/mol. The molecule has 0 bridgehead atoms. The number of anilines is 1. The Balaban J connectivity index is 2.56. The molecule has 0 saturated carbocycles. The number of nitrogens with zero attached hydrogens (tertiary/aromatic N) is 3. The van der Waals surface area contributed by atoms with E-state index in [1.54, 1.807) is 0 Å². The molecule has 0 atom stereocenters. The minimum Gasteiger partial charge on any atom is -0.395 e. The van der Waals surface area contributed by atoms with Crippen molar-refractivity contribution in [1.82, 2.24) is 9.97 Å². The van der Waals surface area contributed by atoms with Crippen LogP contribution in [-0.4, -0.2) is 46.5 Å². The first-order valence-electron chi connectivity index (χ1n) is 6.37. The Morgan fingerprint density at radius 2 is 1.63 bits per heavy atom. The van der Waals surface area contributed by atoms with Gasteiger partial charge in [0.05, 0.1) is 13.2 Å². The number of aromatic nitrogens is 2. The summed E-state index contributed by atoms with van der Waals surface area (Å²) in [6.07, 6.45) is 0. The zero-order valence-corrected chi connectivity index (χ0v) is 11.3. The number of aryl methyl sites for hydroxylation is 2. The molecule has 2 aromatic rings. The molecule has 5 nitrogen and oxygen atoms in total. The van der Waals surface area contributed by atoms with E-state index in [1.807, 2.05) is 36.9 Å². The van der Waals surface area contributed by atoms with Crippen LogP contribution in [0.15, 0.2) is 18.2 Å². The van der Waals surface area contributed by atoms with Gasteiger partial charge in [-0.1, -0.05) is 0 Å². The number of hydrogen-bond acceptors (Lipinski definition) is 5. The van der Waals surface area contributed by atoms with E-state index in [1.165, 1.54) is 0 Å². The molecule has 2 heterocycles. The number of pyridine rings is 2. The van der Waals surface area contributed by atoms with Crippen molar-refractivity contribution in [2.24, 2.45) is 0 Å². The average Bonchev–Trinajstić information content (AvgIpc) is 2.37. The van der Waals surface area contributed by atoms with Gasteiger partial charge in [0.25, 0.3) is 0 Å². The zero-order valence-electron chi connectivity index (χ0n) is 11.3. The summed E-state index contributed by atoms with van der Waals surface area (Å²) in [7, 11) is 0. The lowest BCUT2D eigenvalue weighted by atomic mass is 10.2. The molecule has 0 fully saturated rings. The second kappa shape index (κ2) is 5.95. The van der Waals surface area contributed by atoms with E-state index in [4.69, 9.17) is 10.2 Å². The van der Waals surface area contributed by atoms with Crippen molar-refractivity contribution in [3.63, 3.8) is 0 Å². The summed E-state index contributed by atoms with van der Waals surface area (Å²) in [5, 5.41) is 19.3. The number of fused-ring (bicyclic) bond motifs is 1. The Hall–Kier alpha value is -1.72. The van der Waals surface area contributed by atoms with Gasteiger partial charge in [0.1, 0.15) is 0 Å². The summed E-state index contributed by atoms with van der Waals surface area (Å²) in [4.78, 5) is 10.8. The van der Waals surface area contributed by atoms with Crippen LogP contribution in [0.25, 0.3) is 11.0 Å². The first kappa shape index (κ1) is 13.7. The molecule has 19 heavy (non-hydrogen) atoms. The van der Waals surface area contributed by atoms with Gasteiger partial charge in [-0.05, 0) is 32.0 Å². The highest BCUT2D eigenvalue weighted by Crippen LogP contribution is 2.25. The standard InChI is InChI=1S/C14H19N3O2/c1-10-3-4-12-13(17(5-7-18)6-8-19)9-11(2)16-14(12)15-10/h3-4,9,18-19H,5-8H2,1-2H3.